The van der Waals surface area contributed by atoms with E-state index in [0.717, 1.165) is 11.8 Å². The Labute approximate surface area is 76.4 Å². The minimum absolute atomic E-state index is 0.793. The summed E-state index contributed by atoms with van der Waals surface area (Å²) < 4.78 is 0. The summed E-state index contributed by atoms with van der Waals surface area (Å²) in [5.74, 6) is 1.64. The van der Waals surface area contributed by atoms with Gasteiger partial charge in [0.1, 0.15) is 0 Å². The Morgan fingerprint density at radius 1 is 1.33 bits per heavy atom. The number of unbranched alkanes of at least 4 members (excludes halogenated alkanes) is 1. The molecule has 0 aromatic carbocycles. The molecule has 0 aliphatic heterocycles. The van der Waals surface area contributed by atoms with E-state index in [1.54, 1.807) is 0 Å². The van der Waals surface area contributed by atoms with Crippen LogP contribution in [0.4, 0.5) is 0 Å². The van der Waals surface area contributed by atoms with Crippen molar-refractivity contribution < 1.29 is 0 Å². The highest BCUT2D eigenvalue weighted by molar-refractivity contribution is 4.96. The monoisotopic (exact) mass is 164 g/mol. The van der Waals surface area contributed by atoms with E-state index in [1.165, 1.54) is 32.1 Å². The second-order valence-electron chi connectivity index (χ2n) is 3.79. The van der Waals surface area contributed by atoms with Crippen molar-refractivity contribution in [3.05, 3.63) is 24.8 Å². The first kappa shape index (κ1) is 9.57. The molecule has 0 N–H and O–H groups in total. The topological polar surface area (TPSA) is 0 Å². The molecule has 0 amide bonds. The summed E-state index contributed by atoms with van der Waals surface area (Å²) in [5.41, 5.74) is 0. The highest BCUT2D eigenvalue weighted by Crippen LogP contribution is 2.32. The molecule has 0 heterocycles. The lowest BCUT2D eigenvalue weighted by Crippen LogP contribution is -1.89. The normalized spacial score (nSPS) is 29.8. The van der Waals surface area contributed by atoms with Gasteiger partial charge in [0.25, 0.3) is 0 Å². The summed E-state index contributed by atoms with van der Waals surface area (Å²) in [6.07, 6.45) is 13.4. The standard InChI is InChI=1S/C12H20/c1-3-5-6-7-12-9-8-11(4-2)10-12/h4,6-7,11-12H,2-3,5,8-10H2,1H3/b7-6-/t11-,12+/m0/s1. The summed E-state index contributed by atoms with van der Waals surface area (Å²) in [4.78, 5) is 0. The Kier molecular flexibility index (Phi) is 4.13. The van der Waals surface area contributed by atoms with Gasteiger partial charge in [0, 0.05) is 0 Å². The summed E-state index contributed by atoms with van der Waals surface area (Å²) in [6, 6.07) is 0. The third-order valence-corrected chi connectivity index (χ3v) is 2.71. The van der Waals surface area contributed by atoms with Crippen molar-refractivity contribution in [2.24, 2.45) is 11.8 Å². The molecule has 2 atom stereocenters. The molecule has 68 valence electrons. The lowest BCUT2D eigenvalue weighted by molar-refractivity contribution is 0.638. The molecule has 0 aromatic rings. The first-order valence-corrected chi connectivity index (χ1v) is 5.16. The lowest BCUT2D eigenvalue weighted by atomic mass is 10.0. The zero-order chi connectivity index (χ0) is 8.81. The fourth-order valence-electron chi connectivity index (χ4n) is 1.90. The smallest absolute Gasteiger partial charge is 0.0228 e. The molecule has 0 spiro atoms. The van der Waals surface area contributed by atoms with E-state index < -0.39 is 0 Å². The lowest BCUT2D eigenvalue weighted by Gasteiger charge is -2.01. The van der Waals surface area contributed by atoms with Gasteiger partial charge in [0.2, 0.25) is 0 Å². The van der Waals surface area contributed by atoms with E-state index in [1.807, 2.05) is 0 Å². The molecule has 12 heavy (non-hydrogen) atoms. The van der Waals surface area contributed by atoms with Crippen molar-refractivity contribution in [1.29, 1.82) is 0 Å². The van der Waals surface area contributed by atoms with Crippen LogP contribution in [0.15, 0.2) is 24.8 Å². The summed E-state index contributed by atoms with van der Waals surface area (Å²) in [5, 5.41) is 0. The number of hydrogen-bond acceptors (Lipinski definition) is 0. The summed E-state index contributed by atoms with van der Waals surface area (Å²) in [6.45, 7) is 6.08. The largest absolute Gasteiger partial charge is 0.103 e. The van der Waals surface area contributed by atoms with E-state index in [4.69, 9.17) is 0 Å². The molecule has 0 aromatic heterocycles. The first-order chi connectivity index (χ1) is 5.86. The van der Waals surface area contributed by atoms with Crippen molar-refractivity contribution >= 4 is 0 Å². The second kappa shape index (κ2) is 5.18. The number of hydrogen-bond donors (Lipinski definition) is 0. The van der Waals surface area contributed by atoms with Gasteiger partial charge in [-0.25, -0.2) is 0 Å². The van der Waals surface area contributed by atoms with Crippen molar-refractivity contribution in [2.45, 2.75) is 39.0 Å². The molecule has 0 unspecified atom stereocenters. The van der Waals surface area contributed by atoms with Gasteiger partial charge in [-0.05, 0) is 37.5 Å². The van der Waals surface area contributed by atoms with Crippen LogP contribution in [0.25, 0.3) is 0 Å². The van der Waals surface area contributed by atoms with E-state index in [-0.39, 0.29) is 0 Å². The predicted octanol–water partition coefficient (Wildman–Crippen LogP) is 3.95. The van der Waals surface area contributed by atoms with E-state index in [2.05, 4.69) is 31.7 Å². The van der Waals surface area contributed by atoms with Crippen LogP contribution in [0.2, 0.25) is 0 Å². The number of rotatable bonds is 4. The Morgan fingerprint density at radius 3 is 2.67 bits per heavy atom. The van der Waals surface area contributed by atoms with Crippen LogP contribution in [0, 0.1) is 11.8 Å². The Hall–Kier alpha value is -0.520. The van der Waals surface area contributed by atoms with Crippen molar-refractivity contribution in [2.75, 3.05) is 0 Å². The minimum Gasteiger partial charge on any atom is -0.103 e. The van der Waals surface area contributed by atoms with E-state index >= 15 is 0 Å². The Balaban J connectivity index is 2.22. The molecule has 1 fully saturated rings. The van der Waals surface area contributed by atoms with Crippen LogP contribution >= 0.6 is 0 Å². The molecular weight excluding hydrogens is 144 g/mol. The average Bonchev–Trinajstić information content (AvgIpc) is 2.53. The van der Waals surface area contributed by atoms with Gasteiger partial charge in [-0.1, -0.05) is 31.6 Å². The third kappa shape index (κ3) is 2.84. The van der Waals surface area contributed by atoms with Gasteiger partial charge in [-0.15, -0.1) is 6.58 Å². The average molecular weight is 164 g/mol. The molecule has 0 bridgehead atoms. The van der Waals surface area contributed by atoms with Gasteiger partial charge in [0.15, 0.2) is 0 Å². The molecule has 0 saturated heterocycles. The predicted molar refractivity (Wildman–Crippen MR) is 55.1 cm³/mol. The van der Waals surface area contributed by atoms with Crippen LogP contribution < -0.4 is 0 Å². The second-order valence-corrected chi connectivity index (χ2v) is 3.79. The van der Waals surface area contributed by atoms with Gasteiger partial charge >= 0.3 is 0 Å². The zero-order valence-corrected chi connectivity index (χ0v) is 8.13. The quantitative estimate of drug-likeness (QED) is 0.552. The fraction of sp³-hybridized carbons (Fsp3) is 0.667. The maximum Gasteiger partial charge on any atom is -0.0228 e. The Morgan fingerprint density at radius 2 is 2.08 bits per heavy atom. The summed E-state index contributed by atoms with van der Waals surface area (Å²) >= 11 is 0. The molecule has 0 radical (unpaired) electrons. The van der Waals surface area contributed by atoms with Crippen LogP contribution in [-0.2, 0) is 0 Å². The highest BCUT2D eigenvalue weighted by atomic mass is 14.2. The SMILES string of the molecule is C=C[C@H]1CC[C@@H](/C=C\CCC)C1. The molecular formula is C12H20. The van der Waals surface area contributed by atoms with E-state index in [9.17, 15) is 0 Å². The van der Waals surface area contributed by atoms with Gasteiger partial charge < -0.3 is 0 Å². The van der Waals surface area contributed by atoms with Crippen molar-refractivity contribution in [3.63, 3.8) is 0 Å². The van der Waals surface area contributed by atoms with Crippen LogP contribution in [-0.4, -0.2) is 0 Å². The molecule has 0 nitrogen and oxygen atoms in total. The van der Waals surface area contributed by atoms with Crippen LogP contribution in [0.5, 0.6) is 0 Å². The summed E-state index contributed by atoms with van der Waals surface area (Å²) in [7, 11) is 0. The molecule has 1 rings (SSSR count). The van der Waals surface area contributed by atoms with Crippen molar-refractivity contribution in [1.82, 2.24) is 0 Å². The maximum atomic E-state index is 3.85. The fourth-order valence-corrected chi connectivity index (χ4v) is 1.90. The highest BCUT2D eigenvalue weighted by Gasteiger charge is 2.19. The van der Waals surface area contributed by atoms with E-state index in [0.29, 0.717) is 0 Å². The van der Waals surface area contributed by atoms with Gasteiger partial charge in [-0.3, -0.25) is 0 Å². The molecule has 1 aliphatic carbocycles. The number of allylic oxidation sites excluding steroid dienone is 3. The molecule has 0 heteroatoms. The molecule has 1 aliphatic rings. The Bertz CT molecular complexity index is 155. The van der Waals surface area contributed by atoms with Gasteiger partial charge in [-0.2, -0.15) is 0 Å². The third-order valence-electron chi connectivity index (χ3n) is 2.71. The van der Waals surface area contributed by atoms with Crippen LogP contribution in [0.3, 0.4) is 0 Å². The van der Waals surface area contributed by atoms with Crippen molar-refractivity contribution in [3.8, 4) is 0 Å². The first-order valence-electron chi connectivity index (χ1n) is 5.16. The zero-order valence-electron chi connectivity index (χ0n) is 8.13. The van der Waals surface area contributed by atoms with Crippen LogP contribution in [0.1, 0.15) is 39.0 Å². The maximum absolute atomic E-state index is 3.85. The molecule has 1 saturated carbocycles. The van der Waals surface area contributed by atoms with Gasteiger partial charge in [0.05, 0.1) is 0 Å². The minimum atomic E-state index is 0.793.